The molecule has 0 aromatic carbocycles. The van der Waals surface area contributed by atoms with Crippen molar-refractivity contribution in [3.63, 3.8) is 0 Å². The monoisotopic (exact) mass is 203 g/mol. The molecule has 2 aromatic heterocycles. The molecule has 78 valence electrons. The molecular weight excluding hydrogens is 190 g/mol. The Bertz CT molecular complexity index is 486. The number of fused-ring (bicyclic) bond motifs is 1. The predicted octanol–water partition coefficient (Wildman–Crippen LogP) is 1.61. The van der Waals surface area contributed by atoms with Gasteiger partial charge in [-0.05, 0) is 32.0 Å². The van der Waals surface area contributed by atoms with E-state index in [0.29, 0.717) is 5.92 Å². The van der Waals surface area contributed by atoms with Crippen LogP contribution in [-0.4, -0.2) is 23.2 Å². The minimum atomic E-state index is 0.545. The molecule has 2 aromatic rings. The number of pyridine rings is 1. The van der Waals surface area contributed by atoms with Crippen molar-refractivity contribution in [2.24, 2.45) is 0 Å². The van der Waals surface area contributed by atoms with Crippen LogP contribution in [0.15, 0.2) is 16.7 Å². The molecule has 15 heavy (non-hydrogen) atoms. The van der Waals surface area contributed by atoms with E-state index in [1.54, 1.807) is 0 Å². The molecule has 1 fully saturated rings. The zero-order valence-electron chi connectivity index (χ0n) is 8.66. The maximum Gasteiger partial charge on any atom is 0.185 e. The Balaban J connectivity index is 2.08. The van der Waals surface area contributed by atoms with Gasteiger partial charge >= 0.3 is 0 Å². The fourth-order valence-corrected chi connectivity index (χ4v) is 2.09. The Hall–Kier alpha value is -1.42. The molecule has 1 saturated heterocycles. The van der Waals surface area contributed by atoms with E-state index in [9.17, 15) is 0 Å². The van der Waals surface area contributed by atoms with E-state index in [1.165, 1.54) is 6.42 Å². The van der Waals surface area contributed by atoms with E-state index in [4.69, 9.17) is 4.52 Å². The highest BCUT2D eigenvalue weighted by Crippen LogP contribution is 2.24. The van der Waals surface area contributed by atoms with Crippen molar-refractivity contribution < 1.29 is 4.52 Å². The van der Waals surface area contributed by atoms with Gasteiger partial charge in [-0.15, -0.1) is 0 Å². The summed E-state index contributed by atoms with van der Waals surface area (Å²) in [5, 5.41) is 7.26. The average molecular weight is 203 g/mol. The second-order valence-corrected chi connectivity index (χ2v) is 4.04. The maximum atomic E-state index is 5.14. The Morgan fingerprint density at radius 3 is 3.20 bits per heavy atom. The number of nitrogens with one attached hydrogen (secondary N) is 1. The summed E-state index contributed by atoms with van der Waals surface area (Å²) < 4.78 is 5.14. The summed E-state index contributed by atoms with van der Waals surface area (Å²) in [6.45, 7) is 4.05. The molecular formula is C11H13N3O. The minimum absolute atomic E-state index is 0.545. The van der Waals surface area contributed by atoms with Crippen molar-refractivity contribution in [2.75, 3.05) is 13.1 Å². The molecule has 0 spiro atoms. The molecule has 0 bridgehead atoms. The Morgan fingerprint density at radius 1 is 1.47 bits per heavy atom. The molecule has 1 aliphatic heterocycles. The molecule has 0 saturated carbocycles. The van der Waals surface area contributed by atoms with Crippen LogP contribution >= 0.6 is 0 Å². The van der Waals surface area contributed by atoms with Crippen molar-refractivity contribution in [1.29, 1.82) is 0 Å². The van der Waals surface area contributed by atoms with Crippen LogP contribution in [-0.2, 0) is 0 Å². The van der Waals surface area contributed by atoms with Crippen molar-refractivity contribution in [1.82, 2.24) is 15.5 Å². The lowest BCUT2D eigenvalue weighted by Crippen LogP contribution is -2.08. The Labute approximate surface area is 87.7 Å². The SMILES string of the molecule is Cc1noc2ccc(C3CCNC3)nc12. The molecule has 0 aliphatic carbocycles. The third kappa shape index (κ3) is 1.41. The summed E-state index contributed by atoms with van der Waals surface area (Å²) in [4.78, 5) is 4.62. The fourth-order valence-electron chi connectivity index (χ4n) is 2.09. The van der Waals surface area contributed by atoms with Crippen LogP contribution in [0.3, 0.4) is 0 Å². The van der Waals surface area contributed by atoms with Gasteiger partial charge in [0.15, 0.2) is 5.58 Å². The van der Waals surface area contributed by atoms with Crippen molar-refractivity contribution in [3.05, 3.63) is 23.5 Å². The molecule has 1 N–H and O–H groups in total. The molecule has 1 atom stereocenters. The van der Waals surface area contributed by atoms with Crippen LogP contribution < -0.4 is 5.32 Å². The highest BCUT2D eigenvalue weighted by Gasteiger charge is 2.19. The van der Waals surface area contributed by atoms with Crippen molar-refractivity contribution in [3.8, 4) is 0 Å². The van der Waals surface area contributed by atoms with Crippen LogP contribution in [0.5, 0.6) is 0 Å². The number of hydrogen-bond acceptors (Lipinski definition) is 4. The summed E-state index contributed by atoms with van der Waals surface area (Å²) in [6.07, 6.45) is 1.17. The normalized spacial score (nSPS) is 21.3. The second-order valence-electron chi connectivity index (χ2n) is 4.04. The summed E-state index contributed by atoms with van der Waals surface area (Å²) in [7, 11) is 0. The summed E-state index contributed by atoms with van der Waals surface area (Å²) in [5.41, 5.74) is 3.71. The lowest BCUT2D eigenvalue weighted by Gasteiger charge is -2.06. The summed E-state index contributed by atoms with van der Waals surface area (Å²) >= 11 is 0. The molecule has 0 amide bonds. The van der Waals surface area contributed by atoms with E-state index in [0.717, 1.165) is 35.6 Å². The summed E-state index contributed by atoms with van der Waals surface area (Å²) in [5.74, 6) is 0.545. The van der Waals surface area contributed by atoms with Crippen molar-refractivity contribution >= 4 is 11.1 Å². The number of rotatable bonds is 1. The topological polar surface area (TPSA) is 51.0 Å². The fraction of sp³-hybridized carbons (Fsp3) is 0.455. The average Bonchev–Trinajstić information content (AvgIpc) is 2.88. The quantitative estimate of drug-likeness (QED) is 0.765. The lowest BCUT2D eigenvalue weighted by atomic mass is 10.0. The standard InChI is InChI=1S/C11H13N3O/c1-7-11-10(15-14-7)3-2-9(13-11)8-4-5-12-6-8/h2-3,8,12H,4-6H2,1H3. The summed E-state index contributed by atoms with van der Waals surface area (Å²) in [6, 6.07) is 4.01. The molecule has 4 nitrogen and oxygen atoms in total. The van der Waals surface area contributed by atoms with Crippen LogP contribution in [0.2, 0.25) is 0 Å². The lowest BCUT2D eigenvalue weighted by molar-refractivity contribution is 0.450. The van der Waals surface area contributed by atoms with E-state index in [-0.39, 0.29) is 0 Å². The molecule has 3 rings (SSSR count). The first kappa shape index (κ1) is 8.85. The Morgan fingerprint density at radius 2 is 2.40 bits per heavy atom. The molecule has 1 unspecified atom stereocenters. The van der Waals surface area contributed by atoms with Gasteiger partial charge in [0.1, 0.15) is 11.2 Å². The second kappa shape index (κ2) is 3.31. The molecule has 3 heterocycles. The molecule has 0 radical (unpaired) electrons. The van der Waals surface area contributed by atoms with Gasteiger partial charge < -0.3 is 9.84 Å². The Kier molecular flexibility index (Phi) is 1.95. The van der Waals surface area contributed by atoms with Gasteiger partial charge in [0.05, 0.1) is 0 Å². The van der Waals surface area contributed by atoms with Crippen molar-refractivity contribution in [2.45, 2.75) is 19.3 Å². The third-order valence-corrected chi connectivity index (χ3v) is 2.98. The van der Waals surface area contributed by atoms with Crippen LogP contribution in [0.4, 0.5) is 0 Å². The first-order valence-electron chi connectivity index (χ1n) is 5.28. The van der Waals surface area contributed by atoms with E-state index in [2.05, 4.69) is 15.5 Å². The number of hydrogen-bond donors (Lipinski definition) is 1. The number of nitrogens with zero attached hydrogens (tertiary/aromatic N) is 2. The minimum Gasteiger partial charge on any atom is -0.354 e. The molecule has 4 heteroatoms. The van der Waals surface area contributed by atoms with E-state index < -0.39 is 0 Å². The highest BCUT2D eigenvalue weighted by molar-refractivity contribution is 5.74. The predicted molar refractivity (Wildman–Crippen MR) is 56.8 cm³/mol. The van der Waals surface area contributed by atoms with Gasteiger partial charge in [0.25, 0.3) is 0 Å². The maximum absolute atomic E-state index is 5.14. The third-order valence-electron chi connectivity index (χ3n) is 2.98. The van der Waals surface area contributed by atoms with E-state index in [1.807, 2.05) is 19.1 Å². The molecule has 1 aliphatic rings. The van der Waals surface area contributed by atoms with Gasteiger partial charge in [-0.25, -0.2) is 4.98 Å². The van der Waals surface area contributed by atoms with Crippen LogP contribution in [0, 0.1) is 6.92 Å². The van der Waals surface area contributed by atoms with Gasteiger partial charge in [0, 0.05) is 18.2 Å². The highest BCUT2D eigenvalue weighted by atomic mass is 16.5. The van der Waals surface area contributed by atoms with Gasteiger partial charge in [0.2, 0.25) is 0 Å². The van der Waals surface area contributed by atoms with Gasteiger partial charge in [-0.1, -0.05) is 5.16 Å². The number of aryl methyl sites for hydroxylation is 1. The van der Waals surface area contributed by atoms with Crippen LogP contribution in [0.1, 0.15) is 23.7 Å². The smallest absolute Gasteiger partial charge is 0.185 e. The zero-order valence-corrected chi connectivity index (χ0v) is 8.66. The van der Waals surface area contributed by atoms with E-state index >= 15 is 0 Å². The first-order chi connectivity index (χ1) is 7.34. The number of aromatic nitrogens is 2. The largest absolute Gasteiger partial charge is 0.354 e. The van der Waals surface area contributed by atoms with Gasteiger partial charge in [-0.2, -0.15) is 0 Å². The van der Waals surface area contributed by atoms with Gasteiger partial charge in [-0.3, -0.25) is 0 Å². The first-order valence-corrected chi connectivity index (χ1v) is 5.28. The zero-order chi connectivity index (χ0) is 10.3. The van der Waals surface area contributed by atoms with Crippen LogP contribution in [0.25, 0.3) is 11.1 Å².